The van der Waals surface area contributed by atoms with Gasteiger partial charge < -0.3 is 14.7 Å². The summed E-state index contributed by atoms with van der Waals surface area (Å²) in [6.07, 6.45) is 2.50. The van der Waals surface area contributed by atoms with Crippen molar-refractivity contribution in [3.8, 4) is 15.5 Å². The van der Waals surface area contributed by atoms with Crippen molar-refractivity contribution in [2.24, 2.45) is 11.8 Å². The van der Waals surface area contributed by atoms with E-state index in [-0.39, 0.29) is 22.9 Å². The lowest BCUT2D eigenvalue weighted by Gasteiger charge is -2.33. The van der Waals surface area contributed by atoms with Crippen LogP contribution >= 0.6 is 11.3 Å². The highest BCUT2D eigenvalue weighted by Crippen LogP contribution is 2.45. The number of rotatable bonds is 5. The zero-order valence-corrected chi connectivity index (χ0v) is 18.3. The van der Waals surface area contributed by atoms with E-state index in [1.54, 1.807) is 4.90 Å². The van der Waals surface area contributed by atoms with Gasteiger partial charge in [-0.25, -0.2) is 4.79 Å². The Morgan fingerprint density at radius 1 is 1.17 bits per heavy atom. The maximum atomic E-state index is 13.4. The van der Waals surface area contributed by atoms with Gasteiger partial charge in [0.05, 0.1) is 5.69 Å². The van der Waals surface area contributed by atoms with E-state index in [0.717, 1.165) is 41.7 Å². The fourth-order valence-electron chi connectivity index (χ4n) is 3.98. The lowest BCUT2D eigenvalue weighted by molar-refractivity contribution is -0.123. The van der Waals surface area contributed by atoms with Crippen LogP contribution < -0.4 is 9.64 Å². The van der Waals surface area contributed by atoms with E-state index < -0.39 is 6.16 Å². The maximum absolute atomic E-state index is 13.4. The van der Waals surface area contributed by atoms with Crippen LogP contribution in [-0.2, 0) is 4.79 Å². The highest BCUT2D eigenvalue weighted by molar-refractivity contribution is 7.18. The topological polar surface area (TPSA) is 66.8 Å². The number of amides is 1. The summed E-state index contributed by atoms with van der Waals surface area (Å²) in [6, 6.07) is 9.80. The monoisotopic (exact) mass is 415 g/mol. The highest BCUT2D eigenvalue weighted by atomic mass is 32.1. The molecule has 0 radical (unpaired) electrons. The number of ether oxygens (including phenoxy) is 1. The van der Waals surface area contributed by atoms with Gasteiger partial charge in [-0.05, 0) is 64.0 Å². The van der Waals surface area contributed by atoms with Gasteiger partial charge in [-0.15, -0.1) is 0 Å². The van der Waals surface area contributed by atoms with Crippen LogP contribution in [0.4, 0.5) is 10.5 Å². The van der Waals surface area contributed by atoms with Crippen LogP contribution in [-0.4, -0.2) is 23.2 Å². The fourth-order valence-corrected chi connectivity index (χ4v) is 4.97. The van der Waals surface area contributed by atoms with Gasteiger partial charge in [0, 0.05) is 16.8 Å². The number of carboxylic acid groups (broad SMARTS) is 1. The molecule has 29 heavy (non-hydrogen) atoms. The van der Waals surface area contributed by atoms with Crippen molar-refractivity contribution in [1.29, 1.82) is 0 Å². The molecule has 1 fully saturated rings. The Balaban J connectivity index is 2.00. The summed E-state index contributed by atoms with van der Waals surface area (Å²) in [4.78, 5) is 27.3. The summed E-state index contributed by atoms with van der Waals surface area (Å²) in [7, 11) is 0. The molecule has 1 aromatic carbocycles. The van der Waals surface area contributed by atoms with Crippen LogP contribution in [0.25, 0.3) is 10.4 Å². The summed E-state index contributed by atoms with van der Waals surface area (Å²) < 4.78 is 5.10. The normalized spacial score (nSPS) is 19.2. The second-order valence-electron chi connectivity index (χ2n) is 8.28. The molecule has 5 nitrogen and oxygen atoms in total. The summed E-state index contributed by atoms with van der Waals surface area (Å²) in [5.74, 6) is 0.704. The van der Waals surface area contributed by atoms with E-state index in [4.69, 9.17) is 4.74 Å². The molecule has 3 rings (SSSR count). The van der Waals surface area contributed by atoms with E-state index in [1.807, 2.05) is 51.1 Å². The van der Waals surface area contributed by atoms with E-state index in [2.05, 4.69) is 6.92 Å². The van der Waals surface area contributed by atoms with Crippen molar-refractivity contribution in [1.82, 2.24) is 0 Å². The van der Waals surface area contributed by atoms with Gasteiger partial charge in [-0.2, -0.15) is 0 Å². The van der Waals surface area contributed by atoms with Gasteiger partial charge in [0.1, 0.15) is 0 Å². The molecule has 2 aromatic rings. The first-order chi connectivity index (χ1) is 13.8. The van der Waals surface area contributed by atoms with Crippen LogP contribution in [0.1, 0.15) is 52.0 Å². The number of anilines is 1. The second kappa shape index (κ2) is 8.99. The molecule has 1 N–H and O–H groups in total. The summed E-state index contributed by atoms with van der Waals surface area (Å²) in [6.45, 7) is 8.16. The fraction of sp³-hybridized carbons (Fsp3) is 0.478. The molecule has 1 heterocycles. The minimum absolute atomic E-state index is 0.0198. The molecule has 0 bridgehead atoms. The summed E-state index contributed by atoms with van der Waals surface area (Å²) in [5, 5.41) is 9.48. The second-order valence-corrected chi connectivity index (χ2v) is 9.29. The summed E-state index contributed by atoms with van der Waals surface area (Å²) >= 11 is 1.26. The molecule has 0 atom stereocenters. The maximum Gasteiger partial charge on any atom is 0.512 e. The minimum atomic E-state index is -1.37. The highest BCUT2D eigenvalue weighted by Gasteiger charge is 2.33. The molecule has 0 aliphatic heterocycles. The first kappa shape index (κ1) is 21.4. The Bertz CT molecular complexity index is 881. The lowest BCUT2D eigenvalue weighted by atomic mass is 9.82. The Morgan fingerprint density at radius 2 is 1.86 bits per heavy atom. The third kappa shape index (κ3) is 4.99. The Labute approximate surface area is 176 Å². The molecule has 0 saturated heterocycles. The lowest BCUT2D eigenvalue weighted by Crippen LogP contribution is -2.42. The van der Waals surface area contributed by atoms with Crippen molar-refractivity contribution >= 4 is 29.1 Å². The van der Waals surface area contributed by atoms with Crippen molar-refractivity contribution in [2.45, 2.75) is 59.4 Å². The van der Waals surface area contributed by atoms with Crippen LogP contribution in [0.3, 0.4) is 0 Å². The third-order valence-electron chi connectivity index (χ3n) is 5.54. The van der Waals surface area contributed by atoms with Gasteiger partial charge >= 0.3 is 6.16 Å². The van der Waals surface area contributed by atoms with Gasteiger partial charge in [-0.1, -0.05) is 48.1 Å². The predicted molar refractivity (Wildman–Crippen MR) is 117 cm³/mol. The number of aryl methyl sites for hydroxylation is 1. The molecule has 1 aliphatic carbocycles. The van der Waals surface area contributed by atoms with E-state index >= 15 is 0 Å². The number of hydrogen-bond donors (Lipinski definition) is 1. The summed E-state index contributed by atoms with van der Waals surface area (Å²) in [5.41, 5.74) is 2.65. The third-order valence-corrected chi connectivity index (χ3v) is 6.59. The van der Waals surface area contributed by atoms with Gasteiger partial charge in [0.2, 0.25) is 11.0 Å². The van der Waals surface area contributed by atoms with Crippen LogP contribution in [0, 0.1) is 18.8 Å². The van der Waals surface area contributed by atoms with Gasteiger partial charge in [-0.3, -0.25) is 4.79 Å². The van der Waals surface area contributed by atoms with Crippen LogP contribution in [0.5, 0.6) is 5.06 Å². The van der Waals surface area contributed by atoms with Crippen molar-refractivity contribution in [3.05, 3.63) is 35.9 Å². The molecule has 1 amide bonds. The first-order valence-corrected chi connectivity index (χ1v) is 11.0. The molecule has 6 heteroatoms. The minimum Gasteiger partial charge on any atom is -0.449 e. The number of carbonyl (C=O) groups is 2. The quantitative estimate of drug-likeness (QED) is 0.578. The number of carbonyl (C=O) groups excluding carboxylic acids is 1. The Morgan fingerprint density at radius 3 is 2.45 bits per heavy atom. The molecule has 0 spiro atoms. The zero-order valence-electron chi connectivity index (χ0n) is 17.5. The number of hydrogen-bond acceptors (Lipinski definition) is 4. The average Bonchev–Trinajstić information content (AvgIpc) is 3.05. The van der Waals surface area contributed by atoms with Crippen LogP contribution in [0.15, 0.2) is 30.3 Å². The van der Waals surface area contributed by atoms with E-state index in [1.165, 1.54) is 11.3 Å². The molecule has 0 unspecified atom stereocenters. The van der Waals surface area contributed by atoms with Crippen molar-refractivity contribution in [3.63, 3.8) is 0 Å². The van der Waals surface area contributed by atoms with Crippen molar-refractivity contribution in [2.75, 3.05) is 4.90 Å². The smallest absolute Gasteiger partial charge is 0.449 e. The molecule has 156 valence electrons. The Kier molecular flexibility index (Phi) is 6.63. The van der Waals surface area contributed by atoms with Crippen molar-refractivity contribution < 1.29 is 19.4 Å². The van der Waals surface area contributed by atoms with Gasteiger partial charge in [0.25, 0.3) is 0 Å². The molecular weight excluding hydrogens is 386 g/mol. The van der Waals surface area contributed by atoms with E-state index in [9.17, 15) is 14.7 Å². The van der Waals surface area contributed by atoms with Gasteiger partial charge in [0.15, 0.2) is 0 Å². The SMILES string of the molecule is Cc1cccc(-c2cc(N(C(=O)C3CCC(C)CC3)C(C)C)c(OC(=O)O)s2)c1. The number of benzene rings is 1. The molecular formula is C23H29NO4S. The standard InChI is InChI=1S/C23H29NO4S/c1-14(2)24(21(25)17-10-8-15(3)9-11-17)19-13-20(29-22(19)28-23(26)27)18-7-5-6-16(4)12-18/h5-7,12-15,17H,8-11H2,1-4H3,(H,26,27). The number of nitrogens with zero attached hydrogens (tertiary/aromatic N) is 1. The Hall–Kier alpha value is -2.34. The molecule has 1 saturated carbocycles. The predicted octanol–water partition coefficient (Wildman–Crippen LogP) is 6.35. The first-order valence-electron chi connectivity index (χ1n) is 10.2. The molecule has 1 aromatic heterocycles. The van der Waals surface area contributed by atoms with Crippen LogP contribution in [0.2, 0.25) is 0 Å². The zero-order chi connectivity index (χ0) is 21.1. The molecule has 1 aliphatic rings. The largest absolute Gasteiger partial charge is 0.512 e. The average molecular weight is 416 g/mol. The number of thiophene rings is 1. The van der Waals surface area contributed by atoms with E-state index in [0.29, 0.717) is 11.6 Å².